The molecule has 1 aromatic carbocycles. The molecule has 0 aliphatic carbocycles. The maximum absolute atomic E-state index is 12.8. The Morgan fingerprint density at radius 2 is 1.22 bits per heavy atom. The van der Waals surface area contributed by atoms with Gasteiger partial charge < -0.3 is 45.5 Å². The molecule has 0 saturated carbocycles. The number of hydrogen-bond acceptors (Lipinski definition) is 11. The summed E-state index contributed by atoms with van der Waals surface area (Å²) in [5, 5.41) is 12.4. The van der Waals surface area contributed by atoms with Crippen LogP contribution >= 0.6 is 0 Å². The first-order valence-corrected chi connectivity index (χ1v) is 15.8. The normalized spacial score (nSPS) is 12.9. The fourth-order valence-electron chi connectivity index (χ4n) is 3.97. The molecule has 1 aromatic rings. The summed E-state index contributed by atoms with van der Waals surface area (Å²) in [6.45, 7) is 4.02. The Morgan fingerprint density at radius 3 is 1.88 bits per heavy atom. The molecule has 1 heterocycles. The second-order valence-corrected chi connectivity index (χ2v) is 10.8. The number of benzene rings is 1. The van der Waals surface area contributed by atoms with E-state index in [1.165, 1.54) is 12.2 Å². The van der Waals surface area contributed by atoms with Crippen LogP contribution in [0.15, 0.2) is 42.5 Å². The van der Waals surface area contributed by atoms with Crippen molar-refractivity contribution in [3.8, 4) is 0 Å². The summed E-state index contributed by atoms with van der Waals surface area (Å²) in [6, 6.07) is 7.95. The van der Waals surface area contributed by atoms with Gasteiger partial charge in [0.05, 0.1) is 71.9 Å². The second-order valence-electron chi connectivity index (χ2n) is 10.8. The summed E-state index contributed by atoms with van der Waals surface area (Å²) in [6.07, 6.45) is 2.49. The van der Waals surface area contributed by atoms with Crippen molar-refractivity contribution < 1.29 is 52.5 Å². The van der Waals surface area contributed by atoms with E-state index < -0.39 is 42.1 Å². The Morgan fingerprint density at radius 1 is 0.673 bits per heavy atom. The molecule has 2 rings (SSSR count). The van der Waals surface area contributed by atoms with Gasteiger partial charge in [-0.3, -0.25) is 38.5 Å². The van der Waals surface area contributed by atoms with Gasteiger partial charge in [-0.2, -0.15) is 0 Å². The minimum Gasteiger partial charge on any atom is -0.379 e. The number of hydrogen-bond donors (Lipinski definition) is 5. The molecule has 49 heavy (non-hydrogen) atoms. The van der Waals surface area contributed by atoms with E-state index in [1.807, 2.05) is 19.9 Å². The zero-order chi connectivity index (χ0) is 35.9. The van der Waals surface area contributed by atoms with E-state index in [0.29, 0.717) is 0 Å². The number of ether oxygens (including phenoxy) is 4. The molecule has 7 amide bonds. The second kappa shape index (κ2) is 23.6. The molecular weight excluding hydrogens is 644 g/mol. The van der Waals surface area contributed by atoms with E-state index in [-0.39, 0.29) is 96.8 Å². The third kappa shape index (κ3) is 18.4. The van der Waals surface area contributed by atoms with Crippen molar-refractivity contribution in [1.82, 2.24) is 31.5 Å². The number of nitrogens with zero attached hydrogens (tertiary/aromatic N) is 1. The van der Waals surface area contributed by atoms with Crippen LogP contribution in [0.4, 0.5) is 0 Å². The quantitative estimate of drug-likeness (QED) is 0.0426. The lowest BCUT2D eigenvalue weighted by atomic mass is 10.1. The smallest absolute Gasteiger partial charge is 0.253 e. The predicted octanol–water partition coefficient (Wildman–Crippen LogP) is -2.07. The van der Waals surface area contributed by atoms with E-state index in [1.54, 1.807) is 24.3 Å². The van der Waals surface area contributed by atoms with Crippen LogP contribution < -0.4 is 26.6 Å². The molecule has 0 radical (unpaired) electrons. The van der Waals surface area contributed by atoms with Gasteiger partial charge >= 0.3 is 0 Å². The highest BCUT2D eigenvalue weighted by Crippen LogP contribution is 2.04. The number of imide groups is 1. The van der Waals surface area contributed by atoms with Crippen molar-refractivity contribution in [2.24, 2.45) is 0 Å². The Labute approximate surface area is 284 Å². The van der Waals surface area contributed by atoms with Crippen molar-refractivity contribution in [2.45, 2.75) is 38.8 Å². The standard InChI is InChI=1S/C32H46N6O11/c1-23(2)49-22-36-28(41)20-35-32(45)25(18-24-6-4-3-5-7-24)37-29(42)21-34-27(40)19-33-26(39)10-12-46-14-16-48-17-15-47-13-11-38-30(43)8-9-31(38)44/h3-9,23,25H,10-22H2,1-2H3,(H,33,39)(H,34,40)(H,35,45)(H,36,41)(H,37,42)/t25-/m0/s1. The minimum absolute atomic E-state index is 0.00126. The molecular formula is C32H46N6O11. The molecule has 270 valence electrons. The summed E-state index contributed by atoms with van der Waals surface area (Å²) < 4.78 is 21.3. The lowest BCUT2D eigenvalue weighted by molar-refractivity contribution is -0.138. The van der Waals surface area contributed by atoms with Gasteiger partial charge in [0.15, 0.2) is 0 Å². The van der Waals surface area contributed by atoms with Crippen LogP contribution in [0.5, 0.6) is 0 Å². The Balaban J connectivity index is 1.56. The number of amides is 7. The van der Waals surface area contributed by atoms with E-state index in [4.69, 9.17) is 18.9 Å². The molecule has 0 fully saturated rings. The third-order valence-electron chi connectivity index (χ3n) is 6.51. The maximum Gasteiger partial charge on any atom is 0.253 e. The lowest BCUT2D eigenvalue weighted by Gasteiger charge is -2.19. The number of rotatable bonds is 25. The van der Waals surface area contributed by atoms with Crippen LogP contribution in [0.3, 0.4) is 0 Å². The van der Waals surface area contributed by atoms with Gasteiger partial charge in [0.25, 0.3) is 11.8 Å². The van der Waals surface area contributed by atoms with Gasteiger partial charge in [0.1, 0.15) is 12.8 Å². The van der Waals surface area contributed by atoms with Crippen molar-refractivity contribution >= 4 is 41.4 Å². The molecule has 1 atom stereocenters. The first-order valence-electron chi connectivity index (χ1n) is 15.8. The maximum atomic E-state index is 12.8. The Kier molecular flexibility index (Phi) is 19.5. The SMILES string of the molecule is CC(C)OCNC(=O)CNC(=O)[C@H](Cc1ccccc1)NC(=O)CNC(=O)CNC(=O)CCOCCOCCOCCN1C(=O)C=CC1=O. The summed E-state index contributed by atoms with van der Waals surface area (Å²) in [5.41, 5.74) is 0.772. The fourth-order valence-corrected chi connectivity index (χ4v) is 3.97. The molecule has 0 aromatic heterocycles. The lowest BCUT2D eigenvalue weighted by Crippen LogP contribution is -2.52. The average Bonchev–Trinajstić information content (AvgIpc) is 3.40. The largest absolute Gasteiger partial charge is 0.379 e. The summed E-state index contributed by atoms with van der Waals surface area (Å²) >= 11 is 0. The molecule has 0 spiro atoms. The van der Waals surface area contributed by atoms with Gasteiger partial charge in [0.2, 0.25) is 29.5 Å². The van der Waals surface area contributed by atoms with Crippen molar-refractivity contribution in [3.63, 3.8) is 0 Å². The van der Waals surface area contributed by atoms with Crippen molar-refractivity contribution in [3.05, 3.63) is 48.0 Å². The van der Waals surface area contributed by atoms with Crippen molar-refractivity contribution in [2.75, 3.05) is 72.6 Å². The summed E-state index contributed by atoms with van der Waals surface area (Å²) in [4.78, 5) is 85.6. The number of carbonyl (C=O) groups is 7. The molecule has 5 N–H and O–H groups in total. The monoisotopic (exact) mass is 690 g/mol. The first kappa shape index (κ1) is 40.5. The van der Waals surface area contributed by atoms with Gasteiger partial charge in [0, 0.05) is 25.0 Å². The van der Waals surface area contributed by atoms with Crippen LogP contribution in [0.1, 0.15) is 25.8 Å². The molecule has 0 bridgehead atoms. The van der Waals surface area contributed by atoms with Gasteiger partial charge in [-0.1, -0.05) is 30.3 Å². The highest BCUT2D eigenvalue weighted by Gasteiger charge is 2.23. The molecule has 1 aliphatic rings. The third-order valence-corrected chi connectivity index (χ3v) is 6.51. The summed E-state index contributed by atoms with van der Waals surface area (Å²) in [5.74, 6) is -3.45. The topological polar surface area (TPSA) is 220 Å². The van der Waals surface area contributed by atoms with Crippen LogP contribution in [-0.2, 0) is 58.9 Å². The van der Waals surface area contributed by atoms with Crippen molar-refractivity contribution in [1.29, 1.82) is 0 Å². The molecule has 0 unspecified atom stereocenters. The first-order chi connectivity index (χ1) is 23.5. The van der Waals surface area contributed by atoms with Crippen LogP contribution in [0.25, 0.3) is 0 Å². The van der Waals surface area contributed by atoms with Gasteiger partial charge in [-0.15, -0.1) is 0 Å². The van der Waals surface area contributed by atoms with Gasteiger partial charge in [-0.25, -0.2) is 0 Å². The Bertz CT molecular complexity index is 1260. The van der Waals surface area contributed by atoms with Crippen LogP contribution in [-0.4, -0.2) is 131 Å². The highest BCUT2D eigenvalue weighted by molar-refractivity contribution is 6.12. The van der Waals surface area contributed by atoms with E-state index >= 15 is 0 Å². The minimum atomic E-state index is -1.02. The molecule has 1 aliphatic heterocycles. The van der Waals surface area contributed by atoms with Gasteiger partial charge in [-0.05, 0) is 19.4 Å². The zero-order valence-corrected chi connectivity index (χ0v) is 27.8. The van der Waals surface area contributed by atoms with E-state index in [2.05, 4.69) is 26.6 Å². The number of nitrogens with one attached hydrogen (secondary N) is 5. The van der Waals surface area contributed by atoms with Crippen LogP contribution in [0.2, 0.25) is 0 Å². The van der Waals surface area contributed by atoms with Crippen LogP contribution in [0, 0.1) is 0 Å². The van der Waals surface area contributed by atoms with E-state index in [9.17, 15) is 33.6 Å². The summed E-state index contributed by atoms with van der Waals surface area (Å²) in [7, 11) is 0. The highest BCUT2D eigenvalue weighted by atomic mass is 16.5. The average molecular weight is 691 g/mol. The fraction of sp³-hybridized carbons (Fsp3) is 0.531. The molecule has 17 nitrogen and oxygen atoms in total. The predicted molar refractivity (Wildman–Crippen MR) is 173 cm³/mol. The number of carbonyl (C=O) groups excluding carboxylic acids is 7. The Hall–Kier alpha value is -4.71. The molecule has 17 heteroatoms. The zero-order valence-electron chi connectivity index (χ0n) is 27.8. The van der Waals surface area contributed by atoms with E-state index in [0.717, 1.165) is 10.5 Å². The molecule has 0 saturated heterocycles.